The fraction of sp³-hybridized carbons (Fsp3) is 0.120. The Morgan fingerprint density at radius 1 is 0.967 bits per heavy atom. The van der Waals surface area contributed by atoms with Crippen LogP contribution in [-0.4, -0.2) is 22.1 Å². The van der Waals surface area contributed by atoms with Crippen molar-refractivity contribution in [2.75, 3.05) is 0 Å². The Labute approximate surface area is 175 Å². The first-order chi connectivity index (χ1) is 14.6. The molecule has 1 N–H and O–H groups in total. The highest BCUT2D eigenvalue weighted by Crippen LogP contribution is 2.23. The number of nitrogens with one attached hydrogen (secondary N) is 1. The van der Waals surface area contributed by atoms with E-state index in [4.69, 9.17) is 0 Å². The SMILES string of the molecule is CC(C)c1ccc(/C=N/NC(=O)c2cc(-c3ccccn3)nc3ccccc23)cc1. The van der Waals surface area contributed by atoms with Gasteiger partial charge in [0, 0.05) is 11.6 Å². The second kappa shape index (κ2) is 8.66. The maximum absolute atomic E-state index is 12.9. The van der Waals surface area contributed by atoms with E-state index in [0.29, 0.717) is 22.9 Å². The standard InChI is InChI=1S/C25H22N4O/c1-17(2)19-12-10-18(11-13-19)16-27-29-25(30)21-15-24(23-9-5-6-14-26-23)28-22-8-4-3-7-20(21)22/h3-17H,1-2H3,(H,29,30)/b27-16+. The van der Waals surface area contributed by atoms with Crippen molar-refractivity contribution in [3.63, 3.8) is 0 Å². The molecule has 0 aliphatic heterocycles. The summed E-state index contributed by atoms with van der Waals surface area (Å²) in [5, 5.41) is 4.91. The number of carbonyl (C=O) groups excluding carboxylic acids is 1. The lowest BCUT2D eigenvalue weighted by atomic mass is 10.0. The quantitative estimate of drug-likeness (QED) is 0.374. The number of hydrazone groups is 1. The van der Waals surface area contributed by atoms with Gasteiger partial charge in [-0.2, -0.15) is 5.10 Å². The van der Waals surface area contributed by atoms with Gasteiger partial charge in [-0.05, 0) is 41.3 Å². The summed E-state index contributed by atoms with van der Waals surface area (Å²) in [5.41, 5.74) is 7.43. The number of pyridine rings is 2. The number of aromatic nitrogens is 2. The van der Waals surface area contributed by atoms with Crippen LogP contribution in [0.25, 0.3) is 22.3 Å². The molecule has 2 heterocycles. The van der Waals surface area contributed by atoms with Gasteiger partial charge < -0.3 is 0 Å². The monoisotopic (exact) mass is 394 g/mol. The average molecular weight is 394 g/mol. The second-order valence-electron chi connectivity index (χ2n) is 7.31. The second-order valence-corrected chi connectivity index (χ2v) is 7.31. The molecule has 148 valence electrons. The lowest BCUT2D eigenvalue weighted by molar-refractivity contribution is 0.0956. The third-order valence-electron chi connectivity index (χ3n) is 4.87. The molecular formula is C25H22N4O. The number of carbonyl (C=O) groups is 1. The summed E-state index contributed by atoms with van der Waals surface area (Å²) < 4.78 is 0. The Kier molecular flexibility index (Phi) is 5.61. The van der Waals surface area contributed by atoms with Crippen LogP contribution >= 0.6 is 0 Å². The van der Waals surface area contributed by atoms with Crippen molar-refractivity contribution in [3.8, 4) is 11.4 Å². The van der Waals surface area contributed by atoms with Crippen LogP contribution in [0.5, 0.6) is 0 Å². The smallest absolute Gasteiger partial charge is 0.267 e. The van der Waals surface area contributed by atoms with Crippen LogP contribution in [0.3, 0.4) is 0 Å². The Morgan fingerprint density at radius 2 is 1.73 bits per heavy atom. The number of amides is 1. The van der Waals surface area contributed by atoms with E-state index in [9.17, 15) is 4.79 Å². The molecule has 2 aromatic heterocycles. The Hall–Kier alpha value is -3.86. The molecule has 0 spiro atoms. The minimum atomic E-state index is -0.291. The fourth-order valence-electron chi connectivity index (χ4n) is 3.20. The largest absolute Gasteiger partial charge is 0.272 e. The summed E-state index contributed by atoms with van der Waals surface area (Å²) in [7, 11) is 0. The predicted octanol–water partition coefficient (Wildman–Crippen LogP) is 5.18. The summed E-state index contributed by atoms with van der Waals surface area (Å²) in [6.07, 6.45) is 3.35. The third-order valence-corrected chi connectivity index (χ3v) is 4.87. The van der Waals surface area contributed by atoms with E-state index in [2.05, 4.69) is 46.5 Å². The zero-order chi connectivity index (χ0) is 20.9. The van der Waals surface area contributed by atoms with E-state index in [1.807, 2.05) is 54.6 Å². The van der Waals surface area contributed by atoms with Gasteiger partial charge in [0.25, 0.3) is 5.91 Å². The molecule has 0 aliphatic rings. The van der Waals surface area contributed by atoms with Crippen molar-refractivity contribution in [3.05, 3.63) is 95.7 Å². The van der Waals surface area contributed by atoms with E-state index in [0.717, 1.165) is 16.5 Å². The molecule has 2 aromatic carbocycles. The Bertz CT molecular complexity index is 1200. The Morgan fingerprint density at radius 3 is 2.47 bits per heavy atom. The number of hydrogen-bond acceptors (Lipinski definition) is 4. The summed E-state index contributed by atoms with van der Waals surface area (Å²) >= 11 is 0. The van der Waals surface area contributed by atoms with E-state index >= 15 is 0 Å². The molecule has 0 unspecified atom stereocenters. The van der Waals surface area contributed by atoms with Crippen molar-refractivity contribution in [2.45, 2.75) is 19.8 Å². The van der Waals surface area contributed by atoms with Crippen LogP contribution in [-0.2, 0) is 0 Å². The number of hydrogen-bond donors (Lipinski definition) is 1. The number of fused-ring (bicyclic) bond motifs is 1. The van der Waals surface area contributed by atoms with E-state index in [1.54, 1.807) is 18.5 Å². The lowest BCUT2D eigenvalue weighted by Crippen LogP contribution is -2.18. The van der Waals surface area contributed by atoms with Crippen molar-refractivity contribution in [1.82, 2.24) is 15.4 Å². The van der Waals surface area contributed by atoms with Gasteiger partial charge in [0.15, 0.2) is 0 Å². The molecule has 0 radical (unpaired) electrons. The molecule has 0 atom stereocenters. The number of benzene rings is 2. The van der Waals surface area contributed by atoms with Gasteiger partial charge in [0.1, 0.15) is 0 Å². The molecule has 0 fully saturated rings. The minimum Gasteiger partial charge on any atom is -0.267 e. The van der Waals surface area contributed by atoms with Crippen LogP contribution in [0.15, 0.2) is 84.1 Å². The average Bonchev–Trinajstić information content (AvgIpc) is 2.79. The first kappa shape index (κ1) is 19.5. The van der Waals surface area contributed by atoms with Crippen molar-refractivity contribution < 1.29 is 4.79 Å². The van der Waals surface area contributed by atoms with Gasteiger partial charge in [-0.3, -0.25) is 9.78 Å². The van der Waals surface area contributed by atoms with Gasteiger partial charge in [0.05, 0.1) is 28.7 Å². The molecule has 0 aliphatic carbocycles. The highest BCUT2D eigenvalue weighted by molar-refractivity contribution is 6.07. The van der Waals surface area contributed by atoms with Gasteiger partial charge in [-0.25, -0.2) is 10.4 Å². The van der Waals surface area contributed by atoms with Crippen molar-refractivity contribution >= 4 is 23.0 Å². The number of para-hydroxylation sites is 1. The molecule has 5 nitrogen and oxygen atoms in total. The molecule has 0 bridgehead atoms. The zero-order valence-electron chi connectivity index (χ0n) is 16.9. The normalized spacial score (nSPS) is 11.3. The van der Waals surface area contributed by atoms with E-state index < -0.39 is 0 Å². The van der Waals surface area contributed by atoms with Gasteiger partial charge in [-0.1, -0.05) is 62.4 Å². The molecule has 4 aromatic rings. The third kappa shape index (κ3) is 4.25. The molecule has 0 saturated heterocycles. The predicted molar refractivity (Wildman–Crippen MR) is 121 cm³/mol. The fourth-order valence-corrected chi connectivity index (χ4v) is 3.20. The topological polar surface area (TPSA) is 67.2 Å². The lowest BCUT2D eigenvalue weighted by Gasteiger charge is -2.08. The van der Waals surface area contributed by atoms with Gasteiger partial charge in [0.2, 0.25) is 0 Å². The molecule has 30 heavy (non-hydrogen) atoms. The van der Waals surface area contributed by atoms with Crippen LogP contribution in [0.4, 0.5) is 0 Å². The minimum absolute atomic E-state index is 0.291. The summed E-state index contributed by atoms with van der Waals surface area (Å²) in [4.78, 5) is 21.9. The zero-order valence-corrected chi connectivity index (χ0v) is 16.9. The first-order valence-electron chi connectivity index (χ1n) is 9.86. The molecule has 4 rings (SSSR count). The van der Waals surface area contributed by atoms with E-state index in [-0.39, 0.29) is 5.91 Å². The van der Waals surface area contributed by atoms with Crippen LogP contribution in [0.2, 0.25) is 0 Å². The molecule has 5 heteroatoms. The number of nitrogens with zero attached hydrogens (tertiary/aromatic N) is 3. The Balaban J connectivity index is 1.61. The van der Waals surface area contributed by atoms with Crippen molar-refractivity contribution in [2.24, 2.45) is 5.10 Å². The van der Waals surface area contributed by atoms with Crippen LogP contribution < -0.4 is 5.43 Å². The summed E-state index contributed by atoms with van der Waals surface area (Å²) in [6, 6.07) is 23.1. The molecule has 1 amide bonds. The van der Waals surface area contributed by atoms with Crippen molar-refractivity contribution in [1.29, 1.82) is 0 Å². The van der Waals surface area contributed by atoms with E-state index in [1.165, 1.54) is 5.56 Å². The molecular weight excluding hydrogens is 372 g/mol. The first-order valence-corrected chi connectivity index (χ1v) is 9.86. The highest BCUT2D eigenvalue weighted by atomic mass is 16.2. The molecule has 0 saturated carbocycles. The summed E-state index contributed by atoms with van der Waals surface area (Å²) in [5.74, 6) is 0.185. The maximum Gasteiger partial charge on any atom is 0.272 e. The summed E-state index contributed by atoms with van der Waals surface area (Å²) in [6.45, 7) is 4.31. The van der Waals surface area contributed by atoms with Gasteiger partial charge in [-0.15, -0.1) is 0 Å². The van der Waals surface area contributed by atoms with Crippen LogP contribution in [0, 0.1) is 0 Å². The number of rotatable bonds is 5. The van der Waals surface area contributed by atoms with Crippen LogP contribution in [0.1, 0.15) is 41.3 Å². The maximum atomic E-state index is 12.9. The highest BCUT2D eigenvalue weighted by Gasteiger charge is 2.14. The van der Waals surface area contributed by atoms with Gasteiger partial charge >= 0.3 is 0 Å².